The lowest BCUT2D eigenvalue weighted by Gasteiger charge is -2.37. The van der Waals surface area contributed by atoms with Crippen molar-refractivity contribution in [2.75, 3.05) is 31.4 Å². The molecule has 2 saturated heterocycles. The maximum absolute atomic E-state index is 6.35. The van der Waals surface area contributed by atoms with E-state index in [2.05, 4.69) is 35.5 Å². The highest BCUT2D eigenvalue weighted by Crippen LogP contribution is 2.36. The molecule has 0 radical (unpaired) electrons. The van der Waals surface area contributed by atoms with Crippen molar-refractivity contribution >= 4 is 23.0 Å². The average molecular weight is 294 g/mol. The SMILES string of the molecule is CN(C)c1ccc(NC2CC3CCC(C2)N3C)cc1Cl. The zero-order valence-electron chi connectivity index (χ0n) is 12.6. The highest BCUT2D eigenvalue weighted by atomic mass is 35.5. The second-order valence-corrected chi connectivity index (χ2v) is 6.83. The number of nitrogens with one attached hydrogen (secondary N) is 1. The normalized spacial score (nSPS) is 29.5. The molecular weight excluding hydrogens is 270 g/mol. The molecule has 0 amide bonds. The standard InChI is InChI=1S/C16H24ClN3/c1-19(2)16-7-4-11(10-15(16)17)18-12-8-13-5-6-14(9-12)20(13)3/h4,7,10,12-14,18H,5-6,8-9H2,1-3H3. The van der Waals surface area contributed by atoms with Gasteiger partial charge in [0.05, 0.1) is 10.7 Å². The van der Waals surface area contributed by atoms with Gasteiger partial charge in [0.25, 0.3) is 0 Å². The number of hydrogen-bond donors (Lipinski definition) is 1. The average Bonchev–Trinajstić information content (AvgIpc) is 2.62. The first-order chi connectivity index (χ1) is 9.54. The van der Waals surface area contributed by atoms with Gasteiger partial charge in [-0.25, -0.2) is 0 Å². The van der Waals surface area contributed by atoms with Crippen LogP contribution >= 0.6 is 11.6 Å². The van der Waals surface area contributed by atoms with Gasteiger partial charge in [-0.15, -0.1) is 0 Å². The lowest BCUT2D eigenvalue weighted by atomic mass is 9.98. The minimum absolute atomic E-state index is 0.588. The molecule has 2 heterocycles. The van der Waals surface area contributed by atoms with Gasteiger partial charge >= 0.3 is 0 Å². The summed E-state index contributed by atoms with van der Waals surface area (Å²) in [4.78, 5) is 4.61. The molecule has 2 aliphatic rings. The van der Waals surface area contributed by atoms with E-state index in [1.807, 2.05) is 19.0 Å². The van der Waals surface area contributed by atoms with Gasteiger partial charge in [-0.05, 0) is 50.9 Å². The molecule has 2 fully saturated rings. The van der Waals surface area contributed by atoms with Crippen LogP contribution in [0.15, 0.2) is 18.2 Å². The van der Waals surface area contributed by atoms with Crippen molar-refractivity contribution in [3.63, 3.8) is 0 Å². The van der Waals surface area contributed by atoms with Gasteiger partial charge in [0.2, 0.25) is 0 Å². The molecule has 2 bridgehead atoms. The molecule has 1 aromatic rings. The summed E-state index contributed by atoms with van der Waals surface area (Å²) in [7, 11) is 6.31. The zero-order chi connectivity index (χ0) is 14.3. The predicted molar refractivity (Wildman–Crippen MR) is 87.0 cm³/mol. The van der Waals surface area contributed by atoms with E-state index < -0.39 is 0 Å². The molecule has 0 saturated carbocycles. The van der Waals surface area contributed by atoms with Gasteiger partial charge in [0.1, 0.15) is 0 Å². The van der Waals surface area contributed by atoms with Crippen molar-refractivity contribution in [2.24, 2.45) is 0 Å². The van der Waals surface area contributed by atoms with Crippen molar-refractivity contribution in [1.29, 1.82) is 0 Å². The van der Waals surface area contributed by atoms with Crippen LogP contribution in [-0.4, -0.2) is 44.2 Å². The Morgan fingerprint density at radius 3 is 2.40 bits per heavy atom. The smallest absolute Gasteiger partial charge is 0.0659 e. The van der Waals surface area contributed by atoms with Gasteiger partial charge in [0, 0.05) is 37.9 Å². The van der Waals surface area contributed by atoms with Gasteiger partial charge in [-0.2, -0.15) is 0 Å². The molecule has 20 heavy (non-hydrogen) atoms. The summed E-state index contributed by atoms with van der Waals surface area (Å²) in [5, 5.41) is 4.50. The maximum atomic E-state index is 6.35. The molecule has 1 N–H and O–H groups in total. The summed E-state index contributed by atoms with van der Waals surface area (Å²) in [6.45, 7) is 0. The largest absolute Gasteiger partial charge is 0.382 e. The molecule has 0 aliphatic carbocycles. The summed E-state index contributed by atoms with van der Waals surface area (Å²) < 4.78 is 0. The Labute approximate surface area is 126 Å². The lowest BCUT2D eigenvalue weighted by molar-refractivity contribution is 0.169. The Morgan fingerprint density at radius 2 is 1.85 bits per heavy atom. The molecule has 0 aromatic heterocycles. The van der Waals surface area contributed by atoms with Crippen LogP contribution in [0.2, 0.25) is 5.02 Å². The Kier molecular flexibility index (Phi) is 3.83. The fraction of sp³-hybridized carbons (Fsp3) is 0.625. The second-order valence-electron chi connectivity index (χ2n) is 6.42. The highest BCUT2D eigenvalue weighted by molar-refractivity contribution is 6.33. The minimum atomic E-state index is 0.588. The van der Waals surface area contributed by atoms with Gasteiger partial charge in [-0.3, -0.25) is 0 Å². The fourth-order valence-corrected chi connectivity index (χ4v) is 4.07. The van der Waals surface area contributed by atoms with Crippen molar-refractivity contribution in [3.05, 3.63) is 23.2 Å². The third-order valence-electron chi connectivity index (χ3n) is 4.90. The number of nitrogens with zero attached hydrogens (tertiary/aromatic N) is 2. The molecule has 2 aliphatic heterocycles. The molecule has 3 rings (SSSR count). The van der Waals surface area contributed by atoms with Crippen LogP contribution in [0.25, 0.3) is 0 Å². The van der Waals surface area contributed by atoms with E-state index in [9.17, 15) is 0 Å². The Bertz CT molecular complexity index is 475. The maximum Gasteiger partial charge on any atom is 0.0659 e. The number of piperidine rings is 1. The third kappa shape index (κ3) is 2.61. The summed E-state index contributed by atoms with van der Waals surface area (Å²) in [5.41, 5.74) is 2.22. The monoisotopic (exact) mass is 293 g/mol. The van der Waals surface area contributed by atoms with E-state index in [0.717, 1.165) is 28.5 Å². The number of benzene rings is 1. The summed E-state index contributed by atoms with van der Waals surface area (Å²) >= 11 is 6.35. The van der Waals surface area contributed by atoms with E-state index in [4.69, 9.17) is 11.6 Å². The van der Waals surface area contributed by atoms with Gasteiger partial charge in [-0.1, -0.05) is 11.6 Å². The second kappa shape index (κ2) is 5.45. The quantitative estimate of drug-likeness (QED) is 0.921. The van der Waals surface area contributed by atoms with Crippen LogP contribution in [0, 0.1) is 0 Å². The van der Waals surface area contributed by atoms with Crippen LogP contribution in [0.1, 0.15) is 25.7 Å². The van der Waals surface area contributed by atoms with Crippen LogP contribution < -0.4 is 10.2 Å². The zero-order valence-corrected chi connectivity index (χ0v) is 13.3. The van der Waals surface area contributed by atoms with Gasteiger partial charge in [0.15, 0.2) is 0 Å². The highest BCUT2D eigenvalue weighted by Gasteiger charge is 2.38. The van der Waals surface area contributed by atoms with Crippen LogP contribution in [-0.2, 0) is 0 Å². The number of rotatable bonds is 3. The summed E-state index contributed by atoms with van der Waals surface area (Å²) in [6.07, 6.45) is 5.22. The molecule has 4 heteroatoms. The Hall–Kier alpha value is -0.930. The number of fused-ring (bicyclic) bond motifs is 2. The number of anilines is 2. The first-order valence-corrected chi connectivity index (χ1v) is 7.87. The molecule has 2 unspecified atom stereocenters. The minimum Gasteiger partial charge on any atom is -0.382 e. The lowest BCUT2D eigenvalue weighted by Crippen LogP contribution is -2.44. The fourth-order valence-electron chi connectivity index (χ4n) is 3.72. The summed E-state index contributed by atoms with van der Waals surface area (Å²) in [6, 6.07) is 8.41. The van der Waals surface area contributed by atoms with E-state index >= 15 is 0 Å². The third-order valence-corrected chi connectivity index (χ3v) is 5.20. The van der Waals surface area contributed by atoms with Crippen LogP contribution in [0.3, 0.4) is 0 Å². The van der Waals surface area contributed by atoms with E-state index in [0.29, 0.717) is 6.04 Å². The van der Waals surface area contributed by atoms with Crippen molar-refractivity contribution < 1.29 is 0 Å². The van der Waals surface area contributed by atoms with E-state index in [-0.39, 0.29) is 0 Å². The number of halogens is 1. The Morgan fingerprint density at radius 1 is 1.20 bits per heavy atom. The summed E-state index contributed by atoms with van der Waals surface area (Å²) in [5.74, 6) is 0. The molecule has 0 spiro atoms. The Balaban J connectivity index is 1.68. The molecular formula is C16H24ClN3. The first-order valence-electron chi connectivity index (χ1n) is 7.50. The van der Waals surface area contributed by atoms with Crippen LogP contribution in [0.5, 0.6) is 0 Å². The predicted octanol–water partition coefficient (Wildman–Crippen LogP) is 3.44. The van der Waals surface area contributed by atoms with E-state index in [1.165, 1.54) is 25.7 Å². The van der Waals surface area contributed by atoms with Crippen molar-refractivity contribution in [3.8, 4) is 0 Å². The van der Waals surface area contributed by atoms with Crippen molar-refractivity contribution in [1.82, 2.24) is 4.90 Å². The molecule has 2 atom stereocenters. The van der Waals surface area contributed by atoms with Crippen LogP contribution in [0.4, 0.5) is 11.4 Å². The molecule has 1 aromatic carbocycles. The van der Waals surface area contributed by atoms with Crippen molar-refractivity contribution in [2.45, 2.75) is 43.8 Å². The molecule has 3 nitrogen and oxygen atoms in total. The first kappa shape index (κ1) is 14.0. The van der Waals surface area contributed by atoms with Gasteiger partial charge < -0.3 is 15.1 Å². The molecule has 110 valence electrons. The van der Waals surface area contributed by atoms with E-state index in [1.54, 1.807) is 0 Å². The topological polar surface area (TPSA) is 18.5 Å². The number of hydrogen-bond acceptors (Lipinski definition) is 3.